The predicted octanol–water partition coefficient (Wildman–Crippen LogP) is 0.366. The Bertz CT molecular complexity index is 450. The Morgan fingerprint density at radius 3 is 2.21 bits per heavy atom. The highest BCUT2D eigenvalue weighted by Gasteiger charge is 2.10. The van der Waals surface area contributed by atoms with Gasteiger partial charge in [-0.05, 0) is 13.0 Å². The van der Waals surface area contributed by atoms with E-state index in [1.54, 1.807) is 0 Å². The lowest BCUT2D eigenvalue weighted by atomic mass is 10.2. The van der Waals surface area contributed by atoms with Gasteiger partial charge in [-0.2, -0.15) is 0 Å². The molecule has 0 fully saturated rings. The summed E-state index contributed by atoms with van der Waals surface area (Å²) >= 11 is 0. The molecule has 0 radical (unpaired) electrons. The normalized spacial score (nSPS) is 9.79. The molecule has 0 saturated heterocycles. The molecule has 1 aromatic rings. The molecule has 0 amide bonds. The van der Waals surface area contributed by atoms with Crippen LogP contribution < -0.4 is 5.43 Å². The van der Waals surface area contributed by atoms with Crippen LogP contribution in [-0.4, -0.2) is 21.1 Å². The average molecular weight is 196 g/mol. The number of hydrogen-bond acceptors (Lipinski definition) is 5. The summed E-state index contributed by atoms with van der Waals surface area (Å²) in [6.45, 7) is 1.20. The van der Waals surface area contributed by atoms with Crippen LogP contribution in [-0.2, 0) is 0 Å². The molecule has 0 aliphatic carbocycles. The molecule has 0 aliphatic heterocycles. The van der Waals surface area contributed by atoms with Gasteiger partial charge >= 0.3 is 0 Å². The molecule has 74 valence electrons. The van der Waals surface area contributed by atoms with Crippen molar-refractivity contribution in [3.63, 3.8) is 0 Å². The number of ketones is 1. The van der Waals surface area contributed by atoms with E-state index in [1.165, 1.54) is 6.92 Å². The fraction of sp³-hybridized carbons (Fsp3) is 0.111. The SMILES string of the molecule is CC(=O)c1cc(O)c(O)c(O)c(=O)c1. The molecule has 0 aromatic heterocycles. The van der Waals surface area contributed by atoms with Gasteiger partial charge in [-0.1, -0.05) is 0 Å². The van der Waals surface area contributed by atoms with Gasteiger partial charge in [-0.25, -0.2) is 0 Å². The predicted molar refractivity (Wildman–Crippen MR) is 47.7 cm³/mol. The van der Waals surface area contributed by atoms with Crippen LogP contribution in [0.1, 0.15) is 17.3 Å². The number of carbonyl (C=O) groups excluding carboxylic acids is 1. The number of aromatic hydroxyl groups is 3. The van der Waals surface area contributed by atoms with E-state index in [9.17, 15) is 9.59 Å². The van der Waals surface area contributed by atoms with Crippen molar-refractivity contribution < 1.29 is 20.1 Å². The largest absolute Gasteiger partial charge is 0.504 e. The van der Waals surface area contributed by atoms with E-state index < -0.39 is 28.5 Å². The second-order valence-electron chi connectivity index (χ2n) is 2.75. The van der Waals surface area contributed by atoms with Gasteiger partial charge in [0.15, 0.2) is 11.5 Å². The molecule has 0 unspecified atom stereocenters. The molecular formula is C9H8O5. The molecule has 14 heavy (non-hydrogen) atoms. The molecule has 0 atom stereocenters. The quantitative estimate of drug-likeness (QED) is 0.564. The minimum absolute atomic E-state index is 0.0805. The molecule has 0 spiro atoms. The summed E-state index contributed by atoms with van der Waals surface area (Å²) in [5, 5.41) is 27.2. The van der Waals surface area contributed by atoms with Crippen molar-refractivity contribution in [1.82, 2.24) is 0 Å². The van der Waals surface area contributed by atoms with E-state index in [4.69, 9.17) is 15.3 Å². The van der Waals surface area contributed by atoms with Gasteiger partial charge < -0.3 is 15.3 Å². The van der Waals surface area contributed by atoms with Crippen LogP contribution in [0.5, 0.6) is 17.2 Å². The minimum Gasteiger partial charge on any atom is -0.504 e. The first kappa shape index (κ1) is 10.0. The van der Waals surface area contributed by atoms with Gasteiger partial charge in [0.25, 0.3) is 0 Å². The second kappa shape index (κ2) is 3.37. The smallest absolute Gasteiger partial charge is 0.224 e. The standard InChI is InChI=1S/C9H8O5/c1-4(10)5-2-6(11)8(13)9(14)7(12)3-5/h2-3H,1H3,(H3,11,12,13,14). The molecule has 0 saturated carbocycles. The fourth-order valence-corrected chi connectivity index (χ4v) is 0.908. The zero-order valence-corrected chi connectivity index (χ0v) is 7.31. The van der Waals surface area contributed by atoms with Crippen molar-refractivity contribution in [2.75, 3.05) is 0 Å². The lowest BCUT2D eigenvalue weighted by molar-refractivity contribution is 0.101. The molecule has 3 N–H and O–H groups in total. The monoisotopic (exact) mass is 196 g/mol. The van der Waals surface area contributed by atoms with Crippen molar-refractivity contribution in [1.29, 1.82) is 0 Å². The van der Waals surface area contributed by atoms with Crippen molar-refractivity contribution in [2.45, 2.75) is 6.92 Å². The van der Waals surface area contributed by atoms with Crippen LogP contribution in [0.3, 0.4) is 0 Å². The van der Waals surface area contributed by atoms with Crippen LogP contribution in [0.2, 0.25) is 0 Å². The molecule has 1 aromatic carbocycles. The number of carbonyl (C=O) groups is 1. The van der Waals surface area contributed by atoms with Crippen LogP contribution in [0.15, 0.2) is 16.9 Å². The van der Waals surface area contributed by atoms with E-state index in [-0.39, 0.29) is 5.56 Å². The first-order valence-electron chi connectivity index (χ1n) is 3.73. The molecule has 5 heteroatoms. The third-order valence-corrected chi connectivity index (χ3v) is 1.69. The highest BCUT2D eigenvalue weighted by atomic mass is 16.3. The van der Waals surface area contributed by atoms with E-state index in [0.717, 1.165) is 12.1 Å². The summed E-state index contributed by atoms with van der Waals surface area (Å²) in [6.07, 6.45) is 0. The number of hydrogen-bond donors (Lipinski definition) is 3. The fourth-order valence-electron chi connectivity index (χ4n) is 0.908. The van der Waals surface area contributed by atoms with E-state index in [1.807, 2.05) is 0 Å². The molecule has 0 aliphatic rings. The lowest BCUT2D eigenvalue weighted by Gasteiger charge is -1.91. The molecule has 1 rings (SSSR count). The van der Waals surface area contributed by atoms with Gasteiger partial charge in [0.1, 0.15) is 0 Å². The Morgan fingerprint density at radius 2 is 1.71 bits per heavy atom. The second-order valence-corrected chi connectivity index (χ2v) is 2.75. The van der Waals surface area contributed by atoms with Crippen LogP contribution in [0, 0.1) is 0 Å². The maximum absolute atomic E-state index is 11.0. The van der Waals surface area contributed by atoms with Gasteiger partial charge in [-0.3, -0.25) is 9.59 Å². The van der Waals surface area contributed by atoms with E-state index >= 15 is 0 Å². The summed E-state index contributed by atoms with van der Waals surface area (Å²) in [5.41, 5.74) is -1.00. The molecule has 0 heterocycles. The van der Waals surface area contributed by atoms with Gasteiger partial charge in [-0.15, -0.1) is 0 Å². The summed E-state index contributed by atoms with van der Waals surface area (Å²) in [5.74, 6) is -3.07. The summed E-state index contributed by atoms with van der Waals surface area (Å²) in [7, 11) is 0. The third-order valence-electron chi connectivity index (χ3n) is 1.69. The number of Topliss-reactive ketones (excluding diaryl/α,β-unsaturated/α-hetero) is 1. The highest BCUT2D eigenvalue weighted by Crippen LogP contribution is 2.30. The first-order chi connectivity index (χ1) is 6.43. The average Bonchev–Trinajstić information content (AvgIpc) is 2.20. The minimum atomic E-state index is -0.977. The number of rotatable bonds is 1. The zero-order chi connectivity index (χ0) is 10.9. The van der Waals surface area contributed by atoms with E-state index in [2.05, 4.69) is 0 Å². The summed E-state index contributed by atoms with van der Waals surface area (Å²) in [4.78, 5) is 21.9. The topological polar surface area (TPSA) is 94.8 Å². The van der Waals surface area contributed by atoms with Crippen molar-refractivity contribution in [3.05, 3.63) is 27.9 Å². The molecular weight excluding hydrogens is 188 g/mol. The van der Waals surface area contributed by atoms with Gasteiger partial charge in [0.2, 0.25) is 16.9 Å². The van der Waals surface area contributed by atoms with Crippen molar-refractivity contribution >= 4 is 5.78 Å². The summed E-state index contributed by atoms with van der Waals surface area (Å²) in [6, 6.07) is 1.76. The Hall–Kier alpha value is -2.04. The van der Waals surface area contributed by atoms with Gasteiger partial charge in [0.05, 0.1) is 0 Å². The molecule has 5 nitrogen and oxygen atoms in total. The third kappa shape index (κ3) is 1.66. The van der Waals surface area contributed by atoms with Crippen LogP contribution in [0.4, 0.5) is 0 Å². The Morgan fingerprint density at radius 1 is 1.14 bits per heavy atom. The van der Waals surface area contributed by atoms with Gasteiger partial charge in [0, 0.05) is 11.6 Å². The zero-order valence-electron chi connectivity index (χ0n) is 7.31. The van der Waals surface area contributed by atoms with Crippen molar-refractivity contribution in [3.8, 4) is 17.2 Å². The first-order valence-corrected chi connectivity index (χ1v) is 3.73. The van der Waals surface area contributed by atoms with Crippen molar-refractivity contribution in [2.24, 2.45) is 0 Å². The Balaban J connectivity index is 3.68. The Kier molecular flexibility index (Phi) is 2.42. The Labute approximate surface area is 78.9 Å². The van der Waals surface area contributed by atoms with Crippen LogP contribution in [0.25, 0.3) is 0 Å². The van der Waals surface area contributed by atoms with E-state index in [0.29, 0.717) is 0 Å². The maximum Gasteiger partial charge on any atom is 0.224 e. The molecule has 0 bridgehead atoms. The summed E-state index contributed by atoms with van der Waals surface area (Å²) < 4.78 is 0. The lowest BCUT2D eigenvalue weighted by Crippen LogP contribution is -1.98. The maximum atomic E-state index is 11.0. The van der Waals surface area contributed by atoms with Crippen LogP contribution >= 0.6 is 0 Å². The highest BCUT2D eigenvalue weighted by molar-refractivity contribution is 5.94.